The van der Waals surface area contributed by atoms with Gasteiger partial charge in [0.25, 0.3) is 0 Å². The summed E-state index contributed by atoms with van der Waals surface area (Å²) in [5.74, 6) is 0. The minimum absolute atomic E-state index is 0.0123. The quantitative estimate of drug-likeness (QED) is 0.826. The molecular weight excluding hydrogens is 296 g/mol. The van der Waals surface area contributed by atoms with E-state index >= 15 is 0 Å². The molecule has 1 aliphatic rings. The first kappa shape index (κ1) is 9.98. The van der Waals surface area contributed by atoms with E-state index in [1.807, 2.05) is 11.3 Å². The molecule has 3 heteroatoms. The molecule has 0 unspecified atom stereocenters. The van der Waals surface area contributed by atoms with Gasteiger partial charge in [0.1, 0.15) is 0 Å². The van der Waals surface area contributed by atoms with Crippen LogP contribution in [-0.4, -0.2) is 32.1 Å². The van der Waals surface area contributed by atoms with Gasteiger partial charge < -0.3 is 0 Å². The third-order valence-electron chi connectivity index (χ3n) is 2.43. The molecule has 0 bridgehead atoms. The van der Waals surface area contributed by atoms with E-state index in [1.54, 1.807) is 2.93 Å². The fraction of sp³-hybridized carbons (Fsp3) is 0.600. The van der Waals surface area contributed by atoms with Crippen LogP contribution in [0.15, 0.2) is 17.5 Å². The van der Waals surface area contributed by atoms with Crippen LogP contribution in [0.25, 0.3) is 0 Å². The molecule has 72 valence electrons. The van der Waals surface area contributed by atoms with Gasteiger partial charge in [-0.15, -0.1) is 0 Å². The maximum absolute atomic E-state index is 9.80. The van der Waals surface area contributed by atoms with Crippen molar-refractivity contribution in [3.63, 3.8) is 0 Å². The normalized spacial score (nSPS) is 29.0. The van der Waals surface area contributed by atoms with E-state index in [9.17, 15) is 5.11 Å². The molecular formula is C10H14OSTe. The van der Waals surface area contributed by atoms with Gasteiger partial charge in [-0.05, 0) is 0 Å². The van der Waals surface area contributed by atoms with Crippen molar-refractivity contribution >= 4 is 35.2 Å². The molecule has 1 aliphatic carbocycles. The van der Waals surface area contributed by atoms with Gasteiger partial charge in [0, 0.05) is 0 Å². The molecule has 2 rings (SSSR count). The molecule has 1 saturated carbocycles. The number of aliphatic hydroxyl groups excluding tert-OH is 1. The Balaban J connectivity index is 1.93. The Hall–Kier alpha value is 0.450. The number of aliphatic hydroxyl groups is 1. The second kappa shape index (κ2) is 4.79. The molecule has 13 heavy (non-hydrogen) atoms. The van der Waals surface area contributed by atoms with Crippen LogP contribution in [0.5, 0.6) is 0 Å². The van der Waals surface area contributed by atoms with Crippen LogP contribution in [0.4, 0.5) is 0 Å². The SMILES string of the molecule is O[C@H]1CCCC[C@@H]1[Te]c1cccs1. The summed E-state index contributed by atoms with van der Waals surface area (Å²) in [6, 6.07) is 4.36. The fourth-order valence-corrected chi connectivity index (χ4v) is 6.93. The summed E-state index contributed by atoms with van der Waals surface area (Å²) in [5.41, 5.74) is 0. The topological polar surface area (TPSA) is 20.2 Å². The molecule has 1 nitrogen and oxygen atoms in total. The molecule has 1 N–H and O–H groups in total. The molecule has 0 radical (unpaired) electrons. The van der Waals surface area contributed by atoms with Crippen molar-refractivity contribution in [2.75, 3.05) is 0 Å². The minimum atomic E-state index is -0.112. The van der Waals surface area contributed by atoms with Crippen LogP contribution in [0.1, 0.15) is 25.7 Å². The van der Waals surface area contributed by atoms with Crippen molar-refractivity contribution in [3.8, 4) is 0 Å². The van der Waals surface area contributed by atoms with Gasteiger partial charge in [-0.25, -0.2) is 0 Å². The first-order chi connectivity index (χ1) is 6.36. The molecule has 0 aliphatic heterocycles. The third-order valence-corrected chi connectivity index (χ3v) is 8.05. The Labute approximate surface area is 93.3 Å². The second-order valence-corrected chi connectivity index (χ2v) is 8.85. The van der Waals surface area contributed by atoms with E-state index in [0.29, 0.717) is 3.97 Å². The predicted molar refractivity (Wildman–Crippen MR) is 57.9 cm³/mol. The van der Waals surface area contributed by atoms with Gasteiger partial charge in [-0.1, -0.05) is 0 Å². The Bertz CT molecular complexity index is 247. The van der Waals surface area contributed by atoms with Crippen molar-refractivity contribution in [1.29, 1.82) is 0 Å². The third kappa shape index (κ3) is 2.70. The maximum atomic E-state index is 9.80. The molecule has 0 saturated heterocycles. The van der Waals surface area contributed by atoms with Crippen LogP contribution >= 0.6 is 11.3 Å². The first-order valence-electron chi connectivity index (χ1n) is 4.74. The van der Waals surface area contributed by atoms with Crippen molar-refractivity contribution in [3.05, 3.63) is 17.5 Å². The summed E-state index contributed by atoms with van der Waals surface area (Å²) in [6.07, 6.45) is 4.88. The molecule has 1 fully saturated rings. The van der Waals surface area contributed by atoms with Gasteiger partial charge >= 0.3 is 93.6 Å². The van der Waals surface area contributed by atoms with Crippen molar-refractivity contribution in [1.82, 2.24) is 0 Å². The summed E-state index contributed by atoms with van der Waals surface area (Å²) in [6.45, 7) is 0. The van der Waals surface area contributed by atoms with Crippen molar-refractivity contribution < 1.29 is 5.11 Å². The van der Waals surface area contributed by atoms with Crippen LogP contribution in [-0.2, 0) is 0 Å². The molecule has 2 atom stereocenters. The van der Waals surface area contributed by atoms with Gasteiger partial charge in [-0.2, -0.15) is 0 Å². The van der Waals surface area contributed by atoms with E-state index in [0.717, 1.165) is 6.42 Å². The van der Waals surface area contributed by atoms with E-state index in [-0.39, 0.29) is 27.0 Å². The molecule has 1 aromatic rings. The summed E-state index contributed by atoms with van der Waals surface area (Å²) in [5, 5.41) is 12.0. The number of thiophene rings is 1. The monoisotopic (exact) mass is 312 g/mol. The van der Waals surface area contributed by atoms with Crippen LogP contribution in [0.2, 0.25) is 3.97 Å². The predicted octanol–water partition coefficient (Wildman–Crippen LogP) is 1.80. The zero-order chi connectivity index (χ0) is 9.10. The molecule has 0 aromatic carbocycles. The van der Waals surface area contributed by atoms with Crippen molar-refractivity contribution in [2.24, 2.45) is 0 Å². The molecule has 0 amide bonds. The Morgan fingerprint density at radius 1 is 1.38 bits per heavy atom. The second-order valence-electron chi connectivity index (χ2n) is 3.44. The fourth-order valence-electron chi connectivity index (χ4n) is 1.69. The number of rotatable bonds is 2. The van der Waals surface area contributed by atoms with Gasteiger partial charge in [0.2, 0.25) is 0 Å². The standard InChI is InChI=1S/C10H14OSTe/c11-8-4-1-2-5-9(8)13-10-6-3-7-12-10/h3,6-9,11H,1-2,4-5H2/t8-,9-/m0/s1. The number of hydrogen-bond acceptors (Lipinski definition) is 2. The Morgan fingerprint density at radius 3 is 2.92 bits per heavy atom. The van der Waals surface area contributed by atoms with E-state index in [2.05, 4.69) is 17.5 Å². The Morgan fingerprint density at radius 2 is 2.23 bits per heavy atom. The summed E-state index contributed by atoms with van der Waals surface area (Å²) in [4.78, 5) is 0. The van der Waals surface area contributed by atoms with E-state index in [1.165, 1.54) is 19.3 Å². The van der Waals surface area contributed by atoms with Crippen LogP contribution < -0.4 is 2.93 Å². The average molecular weight is 310 g/mol. The van der Waals surface area contributed by atoms with Crippen LogP contribution in [0.3, 0.4) is 0 Å². The molecule has 1 heterocycles. The average Bonchev–Trinajstić information content (AvgIpc) is 2.61. The van der Waals surface area contributed by atoms with Crippen LogP contribution in [0, 0.1) is 0 Å². The van der Waals surface area contributed by atoms with Gasteiger partial charge in [-0.3, -0.25) is 0 Å². The van der Waals surface area contributed by atoms with E-state index in [4.69, 9.17) is 0 Å². The molecule has 1 aromatic heterocycles. The Kier molecular flexibility index (Phi) is 3.68. The van der Waals surface area contributed by atoms with E-state index < -0.39 is 0 Å². The van der Waals surface area contributed by atoms with Gasteiger partial charge in [0.05, 0.1) is 0 Å². The summed E-state index contributed by atoms with van der Waals surface area (Å²) < 4.78 is 2.20. The first-order valence-corrected chi connectivity index (χ1v) is 8.13. The molecule has 0 spiro atoms. The number of hydrogen-bond donors (Lipinski definition) is 1. The van der Waals surface area contributed by atoms with Gasteiger partial charge in [0.15, 0.2) is 0 Å². The summed E-state index contributed by atoms with van der Waals surface area (Å²) in [7, 11) is 0. The summed E-state index contributed by atoms with van der Waals surface area (Å²) >= 11 is 1.75. The van der Waals surface area contributed by atoms with Crippen molar-refractivity contribution in [2.45, 2.75) is 35.8 Å². The zero-order valence-corrected chi connectivity index (χ0v) is 10.6. The zero-order valence-electron chi connectivity index (χ0n) is 7.48.